The molecule has 0 aliphatic carbocycles. The third-order valence-corrected chi connectivity index (χ3v) is 8.20. The van der Waals surface area contributed by atoms with Gasteiger partial charge in [-0.05, 0) is 51.4 Å². The lowest BCUT2D eigenvalue weighted by atomic mass is 10.0. The van der Waals surface area contributed by atoms with Crippen molar-refractivity contribution in [3.63, 3.8) is 0 Å². The van der Waals surface area contributed by atoms with Crippen LogP contribution in [0, 0.1) is 0 Å². The number of allylic oxidation sites excluding steroid dienone is 5. The normalized spacial score (nSPS) is 14.7. The Bertz CT molecular complexity index is 824. The second-order valence-electron chi connectivity index (χ2n) is 11.6. The number of hydrogen-bond acceptors (Lipinski definition) is 5. The monoisotopic (exact) mass is 613 g/mol. The van der Waals surface area contributed by atoms with E-state index in [1.165, 1.54) is 63.9 Å². The van der Waals surface area contributed by atoms with Crippen molar-refractivity contribution >= 4 is 16.0 Å². The zero-order chi connectivity index (χ0) is 31.3. The van der Waals surface area contributed by atoms with Crippen LogP contribution in [0.15, 0.2) is 36.5 Å². The van der Waals surface area contributed by atoms with E-state index in [9.17, 15) is 28.0 Å². The minimum Gasteiger partial charge on any atom is -0.387 e. The highest BCUT2D eigenvalue weighted by Crippen LogP contribution is 2.12. The van der Waals surface area contributed by atoms with Gasteiger partial charge < -0.3 is 15.5 Å². The van der Waals surface area contributed by atoms with Gasteiger partial charge in [-0.3, -0.25) is 9.35 Å². The van der Waals surface area contributed by atoms with Gasteiger partial charge in [-0.1, -0.05) is 134 Å². The Morgan fingerprint density at radius 3 is 1.67 bits per heavy atom. The summed E-state index contributed by atoms with van der Waals surface area (Å²) in [4.78, 5) is 12.5. The van der Waals surface area contributed by atoms with Crippen LogP contribution in [0.25, 0.3) is 0 Å². The van der Waals surface area contributed by atoms with E-state index in [1.807, 2.05) is 0 Å². The number of aliphatic hydroxyl groups excluding tert-OH is 2. The molecular weight excluding hydrogens is 550 g/mol. The maximum atomic E-state index is 12.5. The summed E-state index contributed by atoms with van der Waals surface area (Å²) in [5.74, 6) is -1.55. The summed E-state index contributed by atoms with van der Waals surface area (Å²) in [6.45, 7) is 4.41. The average Bonchev–Trinajstić information content (AvgIpc) is 2.94. The number of carbonyl (C=O) groups is 1. The van der Waals surface area contributed by atoms with Gasteiger partial charge in [0.05, 0.1) is 17.9 Å². The zero-order valence-corrected chi connectivity index (χ0v) is 27.5. The van der Waals surface area contributed by atoms with Crippen LogP contribution < -0.4 is 5.32 Å². The molecule has 8 heteroatoms. The lowest BCUT2D eigenvalue weighted by molar-refractivity contribution is -0.130. The van der Waals surface area contributed by atoms with Crippen molar-refractivity contribution in [2.45, 2.75) is 167 Å². The van der Waals surface area contributed by atoms with Crippen LogP contribution in [-0.4, -0.2) is 53.1 Å². The molecule has 42 heavy (non-hydrogen) atoms. The average molecular weight is 614 g/mol. The Morgan fingerprint density at radius 2 is 1.12 bits per heavy atom. The summed E-state index contributed by atoms with van der Waals surface area (Å²) >= 11 is 0. The lowest BCUT2D eigenvalue weighted by Crippen LogP contribution is -2.50. The number of amides is 1. The quantitative estimate of drug-likeness (QED) is 0.0385. The van der Waals surface area contributed by atoms with Gasteiger partial charge in [0.15, 0.2) is 0 Å². The molecule has 0 heterocycles. The standard InChI is InChI=1S/C34H63NO6S/c1-3-5-7-9-11-13-14-15-16-17-18-19-21-23-25-27-29-33(37)34(38)35-31(30-42(39,40)41)32(36)28-26-24-22-20-12-10-8-6-4-2/h11,13,15-16,26,28,31-33,36-37H,3-10,12,14,17-25,27,29-30H2,1-2H3,(H,35,38)(H,39,40,41)/b13-11-,16-15-,28-26+. The molecule has 0 aromatic heterocycles. The number of aliphatic hydroxyl groups is 2. The predicted molar refractivity (Wildman–Crippen MR) is 176 cm³/mol. The number of hydrogen-bond donors (Lipinski definition) is 4. The van der Waals surface area contributed by atoms with Crippen molar-refractivity contribution in [1.29, 1.82) is 0 Å². The van der Waals surface area contributed by atoms with Gasteiger partial charge in [0.25, 0.3) is 10.1 Å². The fourth-order valence-electron chi connectivity index (χ4n) is 4.78. The van der Waals surface area contributed by atoms with Gasteiger partial charge in [-0.15, -0.1) is 0 Å². The van der Waals surface area contributed by atoms with Crippen molar-refractivity contribution in [3.8, 4) is 0 Å². The molecule has 0 aliphatic heterocycles. The molecule has 0 radical (unpaired) electrons. The molecule has 3 unspecified atom stereocenters. The zero-order valence-electron chi connectivity index (χ0n) is 26.7. The molecule has 0 fully saturated rings. The van der Waals surface area contributed by atoms with Crippen LogP contribution in [0.2, 0.25) is 0 Å². The largest absolute Gasteiger partial charge is 0.387 e. The van der Waals surface area contributed by atoms with E-state index in [-0.39, 0.29) is 6.42 Å². The van der Waals surface area contributed by atoms with E-state index < -0.39 is 40.0 Å². The highest BCUT2D eigenvalue weighted by atomic mass is 32.2. The third-order valence-electron chi connectivity index (χ3n) is 7.42. The number of unbranched alkanes of at least 4 members (excludes halogenated alkanes) is 16. The third kappa shape index (κ3) is 27.4. The van der Waals surface area contributed by atoms with Gasteiger partial charge >= 0.3 is 0 Å². The molecule has 4 N–H and O–H groups in total. The van der Waals surface area contributed by atoms with E-state index in [2.05, 4.69) is 43.5 Å². The van der Waals surface area contributed by atoms with Gasteiger partial charge in [0.1, 0.15) is 6.10 Å². The molecule has 7 nitrogen and oxygen atoms in total. The molecule has 0 aromatic carbocycles. The van der Waals surface area contributed by atoms with Crippen LogP contribution in [0.1, 0.15) is 149 Å². The fraction of sp³-hybridized carbons (Fsp3) is 0.794. The van der Waals surface area contributed by atoms with E-state index in [1.54, 1.807) is 6.08 Å². The Hall–Kier alpha value is -1.48. The maximum absolute atomic E-state index is 12.5. The summed E-state index contributed by atoms with van der Waals surface area (Å²) in [6.07, 6.45) is 32.0. The summed E-state index contributed by atoms with van der Waals surface area (Å²) in [6, 6.07) is -1.23. The minimum atomic E-state index is -4.43. The molecule has 0 rings (SSSR count). The van der Waals surface area contributed by atoms with Gasteiger partial charge in [-0.25, -0.2) is 0 Å². The first-order chi connectivity index (χ1) is 20.2. The van der Waals surface area contributed by atoms with E-state index in [0.717, 1.165) is 64.2 Å². The molecule has 0 saturated heterocycles. The highest BCUT2D eigenvalue weighted by Gasteiger charge is 2.27. The van der Waals surface area contributed by atoms with Crippen LogP contribution in [0.4, 0.5) is 0 Å². The summed E-state index contributed by atoms with van der Waals surface area (Å²) < 4.78 is 32.2. The highest BCUT2D eigenvalue weighted by molar-refractivity contribution is 7.85. The molecular formula is C34H63NO6S. The van der Waals surface area contributed by atoms with Crippen LogP contribution in [0.5, 0.6) is 0 Å². The van der Waals surface area contributed by atoms with E-state index in [4.69, 9.17) is 0 Å². The molecule has 1 amide bonds. The Balaban J connectivity index is 4.16. The smallest absolute Gasteiger partial charge is 0.267 e. The summed E-state index contributed by atoms with van der Waals surface area (Å²) in [5.41, 5.74) is 0. The van der Waals surface area contributed by atoms with Crippen molar-refractivity contribution in [2.24, 2.45) is 0 Å². The first-order valence-electron chi connectivity index (χ1n) is 16.8. The molecule has 0 saturated carbocycles. The van der Waals surface area contributed by atoms with E-state index in [0.29, 0.717) is 6.42 Å². The molecule has 246 valence electrons. The van der Waals surface area contributed by atoms with Crippen LogP contribution in [0.3, 0.4) is 0 Å². The van der Waals surface area contributed by atoms with Crippen molar-refractivity contribution < 1.29 is 28.0 Å². The molecule has 3 atom stereocenters. The molecule has 0 bridgehead atoms. The summed E-state index contributed by atoms with van der Waals surface area (Å²) in [7, 11) is -4.43. The second kappa shape index (κ2) is 28.3. The van der Waals surface area contributed by atoms with Crippen LogP contribution in [-0.2, 0) is 14.9 Å². The first-order valence-corrected chi connectivity index (χ1v) is 18.4. The van der Waals surface area contributed by atoms with Gasteiger partial charge in [0.2, 0.25) is 5.91 Å². The van der Waals surface area contributed by atoms with Crippen molar-refractivity contribution in [3.05, 3.63) is 36.5 Å². The van der Waals surface area contributed by atoms with Crippen molar-refractivity contribution in [2.75, 3.05) is 5.75 Å². The molecule has 0 spiro atoms. The fourth-order valence-corrected chi connectivity index (χ4v) is 5.51. The van der Waals surface area contributed by atoms with Gasteiger partial charge in [0, 0.05) is 0 Å². The van der Waals surface area contributed by atoms with Gasteiger partial charge in [-0.2, -0.15) is 8.42 Å². The number of carbonyl (C=O) groups excluding carboxylic acids is 1. The SMILES string of the molecule is CCCCC/C=C\C/C=C\CCCCCCCCC(O)C(=O)NC(CS(=O)(=O)O)C(O)/C=C/CCCCCCCCC. The Kier molecular flexibility index (Phi) is 27.3. The lowest BCUT2D eigenvalue weighted by Gasteiger charge is -2.22. The predicted octanol–water partition coefficient (Wildman–Crippen LogP) is 7.98. The van der Waals surface area contributed by atoms with E-state index >= 15 is 0 Å². The topological polar surface area (TPSA) is 124 Å². The number of rotatable bonds is 29. The Labute approximate surface area is 258 Å². The minimum absolute atomic E-state index is 0.267. The van der Waals surface area contributed by atoms with Crippen molar-refractivity contribution in [1.82, 2.24) is 5.32 Å². The maximum Gasteiger partial charge on any atom is 0.267 e. The van der Waals surface area contributed by atoms with Crippen LogP contribution >= 0.6 is 0 Å². The molecule has 0 aliphatic rings. The number of nitrogens with one attached hydrogen (secondary N) is 1. The first kappa shape index (κ1) is 40.5. The second-order valence-corrected chi connectivity index (χ2v) is 13.1. The molecule has 0 aromatic rings. The Morgan fingerprint density at radius 1 is 0.667 bits per heavy atom. The summed E-state index contributed by atoms with van der Waals surface area (Å²) in [5, 5.41) is 23.2.